The summed E-state index contributed by atoms with van der Waals surface area (Å²) in [6.07, 6.45) is 0. The molecule has 0 spiro atoms. The van der Waals surface area contributed by atoms with Crippen molar-refractivity contribution in [2.75, 3.05) is 7.11 Å². The van der Waals surface area contributed by atoms with E-state index in [1.165, 1.54) is 31.4 Å². The van der Waals surface area contributed by atoms with Gasteiger partial charge in [-0.15, -0.1) is 0 Å². The van der Waals surface area contributed by atoms with Gasteiger partial charge < -0.3 is 30.3 Å². The van der Waals surface area contributed by atoms with Gasteiger partial charge in [-0.25, -0.2) is 0 Å². The van der Waals surface area contributed by atoms with Gasteiger partial charge in [0.15, 0.2) is 0 Å². The van der Waals surface area contributed by atoms with E-state index in [0.29, 0.717) is 27.8 Å². The van der Waals surface area contributed by atoms with Gasteiger partial charge in [0.05, 0.1) is 29.4 Å². The van der Waals surface area contributed by atoms with Crippen LogP contribution in [0.4, 0.5) is 0 Å². The van der Waals surface area contributed by atoms with Crippen LogP contribution in [0.25, 0.3) is 0 Å². The van der Waals surface area contributed by atoms with Gasteiger partial charge in [0.2, 0.25) is 11.6 Å². The monoisotopic (exact) mass is 524 g/mol. The maximum atomic E-state index is 13.7. The number of hydrogen-bond acceptors (Lipinski definition) is 8. The molecule has 0 fully saturated rings. The van der Waals surface area contributed by atoms with Crippen molar-refractivity contribution in [3.63, 3.8) is 0 Å². The summed E-state index contributed by atoms with van der Waals surface area (Å²) >= 11 is 0. The number of hydrogen-bond donors (Lipinski definition) is 5. The van der Waals surface area contributed by atoms with E-state index < -0.39 is 29.2 Å². The number of ketones is 2. The fourth-order valence-electron chi connectivity index (χ4n) is 6.24. The third kappa shape index (κ3) is 3.38. The number of rotatable bonds is 2. The Hall–Kier alpha value is -4.98. The average molecular weight is 525 g/mol. The summed E-state index contributed by atoms with van der Waals surface area (Å²) in [5, 5.41) is 54.2. The Morgan fingerprint density at radius 1 is 0.538 bits per heavy atom. The molecule has 5 N–H and O–H groups in total. The summed E-state index contributed by atoms with van der Waals surface area (Å²) in [4.78, 5) is 27.4. The molecule has 0 radical (unpaired) electrons. The Bertz CT molecular complexity index is 1710. The van der Waals surface area contributed by atoms with Crippen LogP contribution in [0.1, 0.15) is 77.1 Å². The number of phenols is 5. The number of ether oxygens (including phenoxy) is 1. The largest absolute Gasteiger partial charge is 0.508 e. The zero-order valence-corrected chi connectivity index (χ0v) is 21.2. The predicted octanol–water partition coefficient (Wildman–Crippen LogP) is 4.89. The molecule has 39 heavy (non-hydrogen) atoms. The molecule has 4 aromatic rings. The minimum Gasteiger partial charge on any atom is -0.508 e. The highest BCUT2D eigenvalue weighted by Crippen LogP contribution is 2.56. The first-order valence-corrected chi connectivity index (χ1v) is 12.2. The molecule has 0 aromatic heterocycles. The topological polar surface area (TPSA) is 145 Å². The second-order valence-electron chi connectivity index (χ2n) is 10.2. The molecule has 0 saturated carbocycles. The van der Waals surface area contributed by atoms with Crippen LogP contribution in [0.2, 0.25) is 0 Å². The van der Waals surface area contributed by atoms with Crippen molar-refractivity contribution < 1.29 is 39.9 Å². The van der Waals surface area contributed by atoms with E-state index in [0.717, 1.165) is 6.07 Å². The summed E-state index contributed by atoms with van der Waals surface area (Å²) in [6, 6.07) is 11.8. The van der Waals surface area contributed by atoms with Gasteiger partial charge in [0.25, 0.3) is 0 Å². The Kier molecular flexibility index (Phi) is 5.16. The highest BCUT2D eigenvalue weighted by atomic mass is 16.5. The molecule has 196 valence electrons. The van der Waals surface area contributed by atoms with Gasteiger partial charge in [0.1, 0.15) is 34.5 Å². The quantitative estimate of drug-likeness (QED) is 0.249. The highest BCUT2D eigenvalue weighted by molar-refractivity contribution is 6.18. The second-order valence-corrected chi connectivity index (χ2v) is 10.2. The molecule has 0 amide bonds. The van der Waals surface area contributed by atoms with Gasteiger partial charge >= 0.3 is 0 Å². The van der Waals surface area contributed by atoms with Crippen LogP contribution < -0.4 is 4.74 Å². The first-order chi connectivity index (χ1) is 18.5. The number of carbonyl (C=O) groups excluding carboxylic acids is 2. The fraction of sp³-hybridized carbons (Fsp3) is 0.161. The van der Waals surface area contributed by atoms with E-state index in [1.807, 2.05) is 0 Å². The van der Waals surface area contributed by atoms with Crippen molar-refractivity contribution in [1.29, 1.82) is 0 Å². The summed E-state index contributed by atoms with van der Waals surface area (Å²) in [5.41, 5.74) is 2.67. The van der Waals surface area contributed by atoms with Gasteiger partial charge in [-0.2, -0.15) is 0 Å². The molecule has 2 aliphatic rings. The van der Waals surface area contributed by atoms with Crippen molar-refractivity contribution in [2.24, 2.45) is 0 Å². The molecule has 0 heterocycles. The third-order valence-corrected chi connectivity index (χ3v) is 7.66. The third-order valence-electron chi connectivity index (χ3n) is 7.66. The predicted molar refractivity (Wildman–Crippen MR) is 141 cm³/mol. The van der Waals surface area contributed by atoms with Crippen molar-refractivity contribution in [3.8, 4) is 34.5 Å². The molecule has 0 bridgehead atoms. The van der Waals surface area contributed by atoms with Crippen LogP contribution in [0, 0.1) is 13.8 Å². The molecule has 0 saturated heterocycles. The zero-order chi connectivity index (χ0) is 27.9. The fourth-order valence-corrected chi connectivity index (χ4v) is 6.24. The standard InChI is InChI=1S/C31H24O8/c1-12-4-16-24(18-8-14(32)9-22(35)28(18)30(37)26(16)20(33)6-12)25-17-5-13(2)7-21(34)27(17)31(38)29-19(25)10-15(39-3)11-23(29)36/h4-11,24-25,32-36H,1-3H3/t24-,25+/m1/s1. The van der Waals surface area contributed by atoms with Crippen LogP contribution in [-0.4, -0.2) is 44.2 Å². The lowest BCUT2D eigenvalue weighted by Gasteiger charge is -2.38. The molecule has 2 atom stereocenters. The number of benzene rings is 4. The zero-order valence-electron chi connectivity index (χ0n) is 21.2. The van der Waals surface area contributed by atoms with Gasteiger partial charge in [-0.05, 0) is 71.5 Å². The maximum absolute atomic E-state index is 13.7. The highest BCUT2D eigenvalue weighted by Gasteiger charge is 2.46. The lowest BCUT2D eigenvalue weighted by Crippen LogP contribution is -2.29. The number of phenolic OH excluding ortho intramolecular Hbond substituents is 5. The number of methoxy groups -OCH3 is 1. The smallest absolute Gasteiger partial charge is 0.201 e. The van der Waals surface area contributed by atoms with Crippen molar-refractivity contribution in [2.45, 2.75) is 25.7 Å². The molecule has 8 heteroatoms. The minimum atomic E-state index is -0.838. The van der Waals surface area contributed by atoms with E-state index in [2.05, 4.69) is 0 Å². The van der Waals surface area contributed by atoms with Crippen LogP contribution in [0.3, 0.4) is 0 Å². The molecule has 6 rings (SSSR count). The number of fused-ring (bicyclic) bond motifs is 4. The van der Waals surface area contributed by atoms with Crippen LogP contribution >= 0.6 is 0 Å². The Balaban J connectivity index is 1.80. The summed E-state index contributed by atoms with van der Waals surface area (Å²) in [6.45, 7) is 3.52. The van der Waals surface area contributed by atoms with Crippen molar-refractivity contribution >= 4 is 11.6 Å². The maximum Gasteiger partial charge on any atom is 0.201 e. The average Bonchev–Trinajstić information content (AvgIpc) is 2.83. The van der Waals surface area contributed by atoms with E-state index >= 15 is 0 Å². The second kappa shape index (κ2) is 8.26. The Morgan fingerprint density at radius 2 is 0.923 bits per heavy atom. The number of aromatic hydroxyl groups is 5. The normalized spacial score (nSPS) is 17.2. The summed E-state index contributed by atoms with van der Waals surface area (Å²) in [5.74, 6) is -4.18. The van der Waals surface area contributed by atoms with E-state index in [9.17, 15) is 35.1 Å². The van der Waals surface area contributed by atoms with E-state index in [4.69, 9.17) is 4.74 Å². The minimum absolute atomic E-state index is 0.000170. The lowest BCUT2D eigenvalue weighted by atomic mass is 9.63. The first kappa shape index (κ1) is 24.4. The van der Waals surface area contributed by atoms with Gasteiger partial charge in [0, 0.05) is 24.0 Å². The van der Waals surface area contributed by atoms with Crippen molar-refractivity contribution in [1.82, 2.24) is 0 Å². The molecule has 8 nitrogen and oxygen atoms in total. The van der Waals surface area contributed by atoms with E-state index in [1.54, 1.807) is 32.0 Å². The molecule has 0 unspecified atom stereocenters. The van der Waals surface area contributed by atoms with Crippen LogP contribution in [0.5, 0.6) is 34.5 Å². The van der Waals surface area contributed by atoms with E-state index in [-0.39, 0.29) is 56.6 Å². The molecular formula is C31H24O8. The molecular weight excluding hydrogens is 500 g/mol. The Morgan fingerprint density at radius 3 is 1.38 bits per heavy atom. The summed E-state index contributed by atoms with van der Waals surface area (Å²) in [7, 11) is 1.42. The summed E-state index contributed by atoms with van der Waals surface area (Å²) < 4.78 is 5.41. The molecule has 4 aromatic carbocycles. The van der Waals surface area contributed by atoms with Gasteiger partial charge in [-0.1, -0.05) is 12.1 Å². The lowest BCUT2D eigenvalue weighted by molar-refractivity contribution is 0.101. The SMILES string of the molecule is COc1cc(O)c2c(c1)[C@@H]([C@@H]1c3cc(C)cc(O)c3C(=O)c3c(O)cc(O)cc31)c1cc(C)cc(O)c1C2=O. The van der Waals surface area contributed by atoms with Crippen LogP contribution in [-0.2, 0) is 0 Å². The molecule has 2 aliphatic carbocycles. The first-order valence-electron chi connectivity index (χ1n) is 12.2. The van der Waals surface area contributed by atoms with Crippen molar-refractivity contribution in [3.05, 3.63) is 104 Å². The molecule has 0 aliphatic heterocycles. The Labute approximate surface area is 223 Å². The number of aryl methyl sites for hydroxylation is 2. The van der Waals surface area contributed by atoms with Gasteiger partial charge in [-0.3, -0.25) is 9.59 Å². The van der Waals surface area contributed by atoms with Crippen LogP contribution in [0.15, 0.2) is 48.5 Å². The number of carbonyl (C=O) groups is 2.